The van der Waals surface area contributed by atoms with Crippen molar-refractivity contribution in [3.63, 3.8) is 0 Å². The van der Waals surface area contributed by atoms with E-state index in [1.54, 1.807) is 6.20 Å². The fourth-order valence-corrected chi connectivity index (χ4v) is 2.42. The average Bonchev–Trinajstić information content (AvgIpc) is 2.46. The molecule has 0 saturated heterocycles. The standard InChI is InChI=1S/C17H16N2O/c1-11-5-8-15(12(2)19-11)17(20)14-7-6-13-4-3-9-18-16(13)10-14/h3-10,17,20H,1-2H3. The second kappa shape index (κ2) is 5.02. The van der Waals surface area contributed by atoms with Crippen LogP contribution >= 0.6 is 0 Å². The molecule has 100 valence electrons. The summed E-state index contributed by atoms with van der Waals surface area (Å²) in [5, 5.41) is 11.6. The van der Waals surface area contributed by atoms with Crippen molar-refractivity contribution < 1.29 is 5.11 Å². The minimum absolute atomic E-state index is 0.672. The van der Waals surface area contributed by atoms with E-state index in [1.807, 2.05) is 56.3 Å². The van der Waals surface area contributed by atoms with Gasteiger partial charge in [0.2, 0.25) is 0 Å². The number of pyridine rings is 2. The zero-order valence-electron chi connectivity index (χ0n) is 11.5. The molecule has 1 N–H and O–H groups in total. The third kappa shape index (κ3) is 2.28. The zero-order chi connectivity index (χ0) is 14.1. The van der Waals surface area contributed by atoms with E-state index in [2.05, 4.69) is 9.97 Å². The number of fused-ring (bicyclic) bond motifs is 1. The second-order valence-electron chi connectivity index (χ2n) is 4.99. The Balaban J connectivity index is 2.05. The highest BCUT2D eigenvalue weighted by Crippen LogP contribution is 2.26. The number of rotatable bonds is 2. The number of aromatic nitrogens is 2. The zero-order valence-corrected chi connectivity index (χ0v) is 11.5. The Hall–Kier alpha value is -2.26. The van der Waals surface area contributed by atoms with Gasteiger partial charge >= 0.3 is 0 Å². The Morgan fingerprint density at radius 2 is 1.90 bits per heavy atom. The molecule has 0 amide bonds. The van der Waals surface area contributed by atoms with Gasteiger partial charge in [-0.3, -0.25) is 9.97 Å². The predicted molar refractivity (Wildman–Crippen MR) is 79.5 cm³/mol. The highest BCUT2D eigenvalue weighted by molar-refractivity contribution is 5.79. The van der Waals surface area contributed by atoms with Gasteiger partial charge in [0, 0.05) is 28.5 Å². The quantitative estimate of drug-likeness (QED) is 0.772. The molecule has 0 spiro atoms. The van der Waals surface area contributed by atoms with E-state index < -0.39 is 6.10 Å². The maximum absolute atomic E-state index is 10.6. The predicted octanol–water partition coefficient (Wildman–Crippen LogP) is 3.33. The van der Waals surface area contributed by atoms with Crippen molar-refractivity contribution in [3.8, 4) is 0 Å². The Labute approximate surface area is 117 Å². The third-order valence-corrected chi connectivity index (χ3v) is 3.51. The molecule has 0 saturated carbocycles. The molecule has 1 aromatic carbocycles. The van der Waals surface area contributed by atoms with Crippen LogP contribution in [0.3, 0.4) is 0 Å². The fourth-order valence-electron chi connectivity index (χ4n) is 2.42. The van der Waals surface area contributed by atoms with Crippen molar-refractivity contribution in [2.75, 3.05) is 0 Å². The molecular formula is C17H16N2O. The minimum atomic E-state index is -0.672. The van der Waals surface area contributed by atoms with Gasteiger partial charge in [-0.15, -0.1) is 0 Å². The second-order valence-corrected chi connectivity index (χ2v) is 4.99. The van der Waals surface area contributed by atoms with Gasteiger partial charge in [-0.2, -0.15) is 0 Å². The van der Waals surface area contributed by atoms with Crippen LogP contribution in [0.4, 0.5) is 0 Å². The number of aryl methyl sites for hydroxylation is 2. The third-order valence-electron chi connectivity index (χ3n) is 3.51. The molecule has 3 aromatic rings. The van der Waals surface area contributed by atoms with Crippen LogP contribution in [0.5, 0.6) is 0 Å². The molecule has 0 radical (unpaired) electrons. The molecule has 0 aliphatic carbocycles. The molecule has 2 heterocycles. The summed E-state index contributed by atoms with van der Waals surface area (Å²) in [6.45, 7) is 3.87. The number of aliphatic hydroxyl groups excluding tert-OH is 1. The largest absolute Gasteiger partial charge is 0.384 e. The van der Waals surface area contributed by atoms with Crippen molar-refractivity contribution in [1.29, 1.82) is 0 Å². The van der Waals surface area contributed by atoms with Gasteiger partial charge in [0.15, 0.2) is 0 Å². The van der Waals surface area contributed by atoms with E-state index >= 15 is 0 Å². The molecule has 2 aromatic heterocycles. The van der Waals surface area contributed by atoms with E-state index in [0.29, 0.717) is 0 Å². The fraction of sp³-hybridized carbons (Fsp3) is 0.176. The van der Waals surface area contributed by atoms with E-state index in [4.69, 9.17) is 0 Å². The topological polar surface area (TPSA) is 46.0 Å². The Morgan fingerprint density at radius 1 is 1.05 bits per heavy atom. The smallest absolute Gasteiger partial charge is 0.106 e. The normalized spacial score (nSPS) is 12.6. The molecule has 0 fully saturated rings. The van der Waals surface area contributed by atoms with Crippen LogP contribution in [0, 0.1) is 13.8 Å². The Bertz CT molecular complexity index is 768. The molecule has 1 atom stereocenters. The lowest BCUT2D eigenvalue weighted by Gasteiger charge is -2.14. The maximum Gasteiger partial charge on any atom is 0.106 e. The molecule has 0 aliphatic heterocycles. The maximum atomic E-state index is 10.6. The van der Waals surface area contributed by atoms with Crippen molar-refractivity contribution in [1.82, 2.24) is 9.97 Å². The van der Waals surface area contributed by atoms with Gasteiger partial charge in [0.25, 0.3) is 0 Å². The number of hydrogen-bond acceptors (Lipinski definition) is 3. The molecule has 20 heavy (non-hydrogen) atoms. The van der Waals surface area contributed by atoms with Crippen LogP contribution in [0.2, 0.25) is 0 Å². The first-order valence-electron chi connectivity index (χ1n) is 6.62. The summed E-state index contributed by atoms with van der Waals surface area (Å²) in [6.07, 6.45) is 1.09. The number of benzene rings is 1. The number of hydrogen-bond donors (Lipinski definition) is 1. The average molecular weight is 264 g/mol. The van der Waals surface area contributed by atoms with E-state index in [-0.39, 0.29) is 0 Å². The summed E-state index contributed by atoms with van der Waals surface area (Å²) in [6, 6.07) is 13.6. The van der Waals surface area contributed by atoms with Gasteiger partial charge < -0.3 is 5.11 Å². The van der Waals surface area contributed by atoms with E-state index in [0.717, 1.165) is 33.4 Å². The van der Waals surface area contributed by atoms with Crippen LogP contribution in [0.1, 0.15) is 28.6 Å². The SMILES string of the molecule is Cc1ccc(C(O)c2ccc3cccnc3c2)c(C)n1. The first-order valence-corrected chi connectivity index (χ1v) is 6.62. The Morgan fingerprint density at radius 3 is 2.70 bits per heavy atom. The molecular weight excluding hydrogens is 248 g/mol. The van der Waals surface area contributed by atoms with E-state index in [9.17, 15) is 5.11 Å². The van der Waals surface area contributed by atoms with E-state index in [1.165, 1.54) is 0 Å². The summed E-state index contributed by atoms with van der Waals surface area (Å²) < 4.78 is 0. The van der Waals surface area contributed by atoms with Gasteiger partial charge in [-0.25, -0.2) is 0 Å². The highest BCUT2D eigenvalue weighted by atomic mass is 16.3. The summed E-state index contributed by atoms with van der Waals surface area (Å²) in [5.41, 5.74) is 4.38. The molecule has 3 heteroatoms. The highest BCUT2D eigenvalue weighted by Gasteiger charge is 2.14. The van der Waals surface area contributed by atoms with Crippen LogP contribution in [-0.4, -0.2) is 15.1 Å². The van der Waals surface area contributed by atoms with Crippen LogP contribution in [0.15, 0.2) is 48.7 Å². The van der Waals surface area contributed by atoms with Crippen LogP contribution in [0.25, 0.3) is 10.9 Å². The lowest BCUT2D eigenvalue weighted by molar-refractivity contribution is 0.219. The first-order chi connectivity index (χ1) is 9.65. The molecule has 1 unspecified atom stereocenters. The number of nitrogens with zero attached hydrogens (tertiary/aromatic N) is 2. The van der Waals surface area contributed by atoms with Gasteiger partial charge in [0.05, 0.1) is 5.52 Å². The summed E-state index contributed by atoms with van der Waals surface area (Å²) in [4.78, 5) is 8.73. The van der Waals surface area contributed by atoms with Gasteiger partial charge in [-0.1, -0.05) is 24.3 Å². The van der Waals surface area contributed by atoms with Crippen molar-refractivity contribution in [3.05, 3.63) is 71.2 Å². The lowest BCUT2D eigenvalue weighted by Crippen LogP contribution is -2.04. The van der Waals surface area contributed by atoms with Gasteiger partial charge in [-0.05, 0) is 37.6 Å². The summed E-state index contributed by atoms with van der Waals surface area (Å²) >= 11 is 0. The number of aliphatic hydroxyl groups is 1. The minimum Gasteiger partial charge on any atom is -0.384 e. The van der Waals surface area contributed by atoms with Crippen molar-refractivity contribution >= 4 is 10.9 Å². The van der Waals surface area contributed by atoms with Crippen LogP contribution < -0.4 is 0 Å². The van der Waals surface area contributed by atoms with Gasteiger partial charge in [0.1, 0.15) is 6.10 Å². The molecule has 0 bridgehead atoms. The lowest BCUT2D eigenvalue weighted by atomic mass is 9.99. The van der Waals surface area contributed by atoms with Crippen molar-refractivity contribution in [2.45, 2.75) is 20.0 Å². The molecule has 3 rings (SSSR count). The van der Waals surface area contributed by atoms with Crippen molar-refractivity contribution in [2.24, 2.45) is 0 Å². The molecule has 0 aliphatic rings. The first kappa shape index (κ1) is 12.8. The van der Waals surface area contributed by atoms with Crippen LogP contribution in [-0.2, 0) is 0 Å². The monoisotopic (exact) mass is 264 g/mol. The summed E-state index contributed by atoms with van der Waals surface area (Å²) in [5.74, 6) is 0. The summed E-state index contributed by atoms with van der Waals surface area (Å²) in [7, 11) is 0. The molecule has 3 nitrogen and oxygen atoms in total. The Kier molecular flexibility index (Phi) is 3.20.